The highest BCUT2D eigenvalue weighted by molar-refractivity contribution is 8.00. The Hall–Kier alpha value is -1.68. The smallest absolute Gasteiger partial charge is 0.149 e. The lowest BCUT2D eigenvalue weighted by atomic mass is 10.1. The number of hydrogen-bond acceptors (Lipinski definition) is 3. The quantitative estimate of drug-likeness (QED) is 0.760. The van der Waals surface area contributed by atoms with E-state index in [0.29, 0.717) is 11.3 Å². The van der Waals surface area contributed by atoms with Gasteiger partial charge < -0.3 is 0 Å². The zero-order chi connectivity index (χ0) is 14.4. The predicted molar refractivity (Wildman–Crippen MR) is 79.5 cm³/mol. The molecule has 1 aromatic carbocycles. The number of benzene rings is 1. The first-order valence-corrected chi connectivity index (χ1v) is 7.50. The number of halogens is 1. The van der Waals surface area contributed by atoms with E-state index in [9.17, 15) is 9.18 Å². The minimum atomic E-state index is -0.282. The normalized spacial score (nSPS) is 10.5. The summed E-state index contributed by atoms with van der Waals surface area (Å²) in [6.07, 6.45) is 3.03. The van der Waals surface area contributed by atoms with Gasteiger partial charge in [0.1, 0.15) is 11.6 Å². The number of nitrogens with zero attached hydrogens (tertiary/aromatic N) is 1. The summed E-state index contributed by atoms with van der Waals surface area (Å²) in [5.41, 5.74) is 1.92. The van der Waals surface area contributed by atoms with Crippen LogP contribution in [0.3, 0.4) is 0 Å². The molecule has 0 saturated carbocycles. The van der Waals surface area contributed by atoms with Crippen LogP contribution in [0.15, 0.2) is 47.5 Å². The molecule has 20 heavy (non-hydrogen) atoms. The van der Waals surface area contributed by atoms with E-state index >= 15 is 0 Å². The van der Waals surface area contributed by atoms with E-state index in [1.165, 1.54) is 17.8 Å². The summed E-state index contributed by atoms with van der Waals surface area (Å²) < 4.78 is 13.4. The maximum atomic E-state index is 13.4. The second-order valence-corrected chi connectivity index (χ2v) is 5.46. The molecule has 0 radical (unpaired) electrons. The molecule has 2 rings (SSSR count). The molecule has 104 valence electrons. The summed E-state index contributed by atoms with van der Waals surface area (Å²) in [6.45, 7) is 2.06. The number of ketones is 1. The Morgan fingerprint density at radius 1 is 1.25 bits per heavy atom. The lowest BCUT2D eigenvalue weighted by Crippen LogP contribution is -2.07. The third kappa shape index (κ3) is 4.17. The van der Waals surface area contributed by atoms with Gasteiger partial charge in [0.2, 0.25) is 0 Å². The molecule has 0 aliphatic carbocycles. The molecule has 0 saturated heterocycles. The van der Waals surface area contributed by atoms with Crippen molar-refractivity contribution in [3.8, 4) is 0 Å². The summed E-state index contributed by atoms with van der Waals surface area (Å²) in [5.74, 6) is 0.0312. The Morgan fingerprint density at radius 2 is 2.05 bits per heavy atom. The molecule has 0 N–H and O–H groups in total. The maximum Gasteiger partial charge on any atom is 0.149 e. The standard InChI is InChI=1S/C16H16FNOS/c1-2-12-7-8-13(18-10-12)9-14(19)11-20-16-6-4-3-5-15(16)17/h3-8,10H,2,9,11H2,1H3. The van der Waals surface area contributed by atoms with Gasteiger partial charge in [-0.3, -0.25) is 9.78 Å². The molecule has 0 aliphatic heterocycles. The van der Waals surface area contributed by atoms with Crippen LogP contribution in [-0.4, -0.2) is 16.5 Å². The second kappa shape index (κ2) is 7.20. The zero-order valence-electron chi connectivity index (χ0n) is 11.3. The number of carbonyl (C=O) groups is 1. The summed E-state index contributed by atoms with van der Waals surface area (Å²) in [6, 6.07) is 10.4. The monoisotopic (exact) mass is 289 g/mol. The molecule has 0 amide bonds. The van der Waals surface area contributed by atoms with Gasteiger partial charge in [-0.15, -0.1) is 11.8 Å². The third-order valence-electron chi connectivity index (χ3n) is 2.90. The molecular weight excluding hydrogens is 273 g/mol. The largest absolute Gasteiger partial charge is 0.298 e. The van der Waals surface area contributed by atoms with Gasteiger partial charge in [0.15, 0.2) is 0 Å². The molecule has 1 aromatic heterocycles. The molecule has 1 heterocycles. The van der Waals surface area contributed by atoms with Crippen molar-refractivity contribution in [1.82, 2.24) is 4.98 Å². The molecule has 0 fully saturated rings. The number of rotatable bonds is 6. The van der Waals surface area contributed by atoms with Gasteiger partial charge in [0, 0.05) is 23.2 Å². The number of thioether (sulfide) groups is 1. The zero-order valence-corrected chi connectivity index (χ0v) is 12.1. The Kier molecular flexibility index (Phi) is 5.30. The van der Waals surface area contributed by atoms with E-state index in [1.807, 2.05) is 12.1 Å². The molecule has 0 aliphatic rings. The SMILES string of the molecule is CCc1ccc(CC(=O)CSc2ccccc2F)nc1. The van der Waals surface area contributed by atoms with Crippen LogP contribution in [0.1, 0.15) is 18.2 Å². The van der Waals surface area contributed by atoms with Crippen molar-refractivity contribution in [3.05, 3.63) is 59.7 Å². The van der Waals surface area contributed by atoms with Crippen molar-refractivity contribution >= 4 is 17.5 Å². The topological polar surface area (TPSA) is 30.0 Å². The molecule has 4 heteroatoms. The van der Waals surface area contributed by atoms with E-state index in [0.717, 1.165) is 17.7 Å². The van der Waals surface area contributed by atoms with Gasteiger partial charge >= 0.3 is 0 Å². The van der Waals surface area contributed by atoms with Crippen LogP contribution in [0.25, 0.3) is 0 Å². The van der Waals surface area contributed by atoms with Crippen molar-refractivity contribution in [2.75, 3.05) is 5.75 Å². The Labute approximate surface area is 122 Å². The van der Waals surface area contributed by atoms with Crippen LogP contribution in [-0.2, 0) is 17.6 Å². The van der Waals surface area contributed by atoms with E-state index in [4.69, 9.17) is 0 Å². The number of Topliss-reactive ketones (excluding diaryl/α,β-unsaturated/α-hetero) is 1. The van der Waals surface area contributed by atoms with Crippen LogP contribution >= 0.6 is 11.8 Å². The fourth-order valence-corrected chi connectivity index (χ4v) is 2.54. The molecule has 0 unspecified atom stereocenters. The van der Waals surface area contributed by atoms with Gasteiger partial charge in [0.05, 0.1) is 5.75 Å². The van der Waals surface area contributed by atoms with Gasteiger partial charge in [-0.05, 0) is 30.2 Å². The fourth-order valence-electron chi connectivity index (χ4n) is 1.74. The average molecular weight is 289 g/mol. The van der Waals surface area contributed by atoms with Crippen LogP contribution in [0.5, 0.6) is 0 Å². The number of carbonyl (C=O) groups excluding carboxylic acids is 1. The lowest BCUT2D eigenvalue weighted by molar-refractivity contribution is -0.116. The van der Waals surface area contributed by atoms with E-state index in [2.05, 4.69) is 11.9 Å². The number of hydrogen-bond donors (Lipinski definition) is 0. The maximum absolute atomic E-state index is 13.4. The first-order chi connectivity index (χ1) is 9.69. The Balaban J connectivity index is 1.87. The molecule has 0 atom stereocenters. The molecule has 2 nitrogen and oxygen atoms in total. The van der Waals surface area contributed by atoms with Gasteiger partial charge in [0.25, 0.3) is 0 Å². The summed E-state index contributed by atoms with van der Waals surface area (Å²) in [5, 5.41) is 0. The van der Waals surface area contributed by atoms with E-state index in [-0.39, 0.29) is 17.4 Å². The highest BCUT2D eigenvalue weighted by Crippen LogP contribution is 2.21. The van der Waals surface area contributed by atoms with Crippen LogP contribution < -0.4 is 0 Å². The van der Waals surface area contributed by atoms with Crippen molar-refractivity contribution in [1.29, 1.82) is 0 Å². The average Bonchev–Trinajstić information content (AvgIpc) is 2.47. The lowest BCUT2D eigenvalue weighted by Gasteiger charge is -2.03. The van der Waals surface area contributed by atoms with Gasteiger partial charge in [-0.2, -0.15) is 0 Å². The molecular formula is C16H16FNOS. The second-order valence-electron chi connectivity index (χ2n) is 4.45. The first-order valence-electron chi connectivity index (χ1n) is 6.52. The fraction of sp³-hybridized carbons (Fsp3) is 0.250. The summed E-state index contributed by atoms with van der Waals surface area (Å²) >= 11 is 1.23. The summed E-state index contributed by atoms with van der Waals surface area (Å²) in [7, 11) is 0. The van der Waals surface area contributed by atoms with Crippen molar-refractivity contribution in [2.45, 2.75) is 24.7 Å². The minimum Gasteiger partial charge on any atom is -0.298 e. The minimum absolute atomic E-state index is 0.0509. The third-order valence-corrected chi connectivity index (χ3v) is 4.01. The molecule has 2 aromatic rings. The molecule has 0 spiro atoms. The molecule has 0 bridgehead atoms. The number of pyridine rings is 1. The van der Waals surface area contributed by atoms with Crippen LogP contribution in [0, 0.1) is 5.82 Å². The Morgan fingerprint density at radius 3 is 2.70 bits per heavy atom. The number of aryl methyl sites for hydroxylation is 1. The Bertz CT molecular complexity index is 583. The predicted octanol–water partition coefficient (Wildman–Crippen LogP) is 3.69. The summed E-state index contributed by atoms with van der Waals surface area (Å²) in [4.78, 5) is 16.6. The first kappa shape index (κ1) is 14.7. The van der Waals surface area contributed by atoms with Crippen LogP contribution in [0.2, 0.25) is 0 Å². The van der Waals surface area contributed by atoms with Gasteiger partial charge in [-0.1, -0.05) is 25.1 Å². The number of aromatic nitrogens is 1. The van der Waals surface area contributed by atoms with Crippen LogP contribution in [0.4, 0.5) is 4.39 Å². The van der Waals surface area contributed by atoms with Gasteiger partial charge in [-0.25, -0.2) is 4.39 Å². The van der Waals surface area contributed by atoms with E-state index < -0.39 is 0 Å². The van der Waals surface area contributed by atoms with Crippen molar-refractivity contribution in [2.24, 2.45) is 0 Å². The van der Waals surface area contributed by atoms with E-state index in [1.54, 1.807) is 24.4 Å². The van der Waals surface area contributed by atoms with Crippen molar-refractivity contribution in [3.63, 3.8) is 0 Å². The highest BCUT2D eigenvalue weighted by Gasteiger charge is 2.08. The van der Waals surface area contributed by atoms with Crippen molar-refractivity contribution < 1.29 is 9.18 Å². The highest BCUT2D eigenvalue weighted by atomic mass is 32.2.